The highest BCUT2D eigenvalue weighted by Crippen LogP contribution is 2.57. The van der Waals surface area contributed by atoms with Crippen LogP contribution in [0.5, 0.6) is 0 Å². The van der Waals surface area contributed by atoms with Crippen LogP contribution in [-0.2, 0) is 18.8 Å². The molecule has 0 aromatic carbocycles. The van der Waals surface area contributed by atoms with Gasteiger partial charge >= 0.3 is 5.97 Å². The Morgan fingerprint density at radius 1 is 1.36 bits per heavy atom. The number of carbonyl (C=O) groups is 2. The average molecular weight is 372 g/mol. The second kappa shape index (κ2) is 6.28. The predicted octanol–water partition coefficient (Wildman–Crippen LogP) is 0.532. The highest BCUT2D eigenvalue weighted by molar-refractivity contribution is 6.69. The average Bonchev–Trinajstić information content (AvgIpc) is 2.49. The summed E-state index contributed by atoms with van der Waals surface area (Å²) < 4.78 is 11.1. The molecule has 0 amide bonds. The lowest BCUT2D eigenvalue weighted by molar-refractivity contribution is -0.270. The molecule has 0 spiro atoms. The molecule has 1 saturated carbocycles. The zero-order valence-corrected chi connectivity index (χ0v) is 16.4. The van der Waals surface area contributed by atoms with E-state index < -0.39 is 43.1 Å². The van der Waals surface area contributed by atoms with E-state index in [2.05, 4.69) is 0 Å². The number of hydrogen-bond acceptors (Lipinski definition) is 7. The lowest BCUT2D eigenvalue weighted by Crippen LogP contribution is -2.77. The van der Waals surface area contributed by atoms with Crippen molar-refractivity contribution >= 4 is 20.6 Å². The summed E-state index contributed by atoms with van der Waals surface area (Å²) >= 11 is 0. The Kier molecular flexibility index (Phi) is 5.08. The van der Waals surface area contributed by atoms with Gasteiger partial charge in [0.15, 0.2) is 13.7 Å². The first kappa shape index (κ1) is 20.3. The first-order valence-corrected chi connectivity index (χ1v) is 11.8. The highest BCUT2D eigenvalue weighted by atomic mass is 28.4. The molecule has 0 heterocycles. The van der Waals surface area contributed by atoms with Gasteiger partial charge in [0.1, 0.15) is 11.9 Å². The van der Waals surface area contributed by atoms with Crippen LogP contribution >= 0.6 is 0 Å². The van der Waals surface area contributed by atoms with Crippen molar-refractivity contribution in [2.45, 2.75) is 69.2 Å². The molecule has 0 aliphatic heterocycles. The summed E-state index contributed by atoms with van der Waals surface area (Å²) in [7, 11) is -1.07. The van der Waals surface area contributed by atoms with Gasteiger partial charge in [-0.3, -0.25) is 9.59 Å². The molecule has 0 saturated heterocycles. The fourth-order valence-electron chi connectivity index (χ4n) is 4.21. The van der Waals surface area contributed by atoms with Crippen LogP contribution in [0.4, 0.5) is 0 Å². The number of aldehydes is 1. The van der Waals surface area contributed by atoms with E-state index in [-0.39, 0.29) is 24.8 Å². The number of hydrogen-bond donors (Lipinski definition) is 3. The summed E-state index contributed by atoms with van der Waals surface area (Å²) in [5, 5.41) is 33.2. The molecule has 25 heavy (non-hydrogen) atoms. The van der Waals surface area contributed by atoms with Crippen molar-refractivity contribution < 1.29 is 34.1 Å². The molecule has 7 nitrogen and oxygen atoms in total. The van der Waals surface area contributed by atoms with Gasteiger partial charge in [0.2, 0.25) is 0 Å². The van der Waals surface area contributed by atoms with Gasteiger partial charge in [-0.05, 0) is 51.1 Å². The number of esters is 1. The Hall–Kier alpha value is -1.06. The minimum absolute atomic E-state index is 0.0539. The largest absolute Gasteiger partial charge is 0.468 e. The van der Waals surface area contributed by atoms with Crippen molar-refractivity contribution in [2.24, 2.45) is 5.41 Å². The van der Waals surface area contributed by atoms with Crippen molar-refractivity contribution in [2.75, 3.05) is 7.11 Å². The molecule has 1 fully saturated rings. The van der Waals surface area contributed by atoms with E-state index in [1.54, 1.807) is 0 Å². The van der Waals surface area contributed by atoms with Gasteiger partial charge in [-0.1, -0.05) is 0 Å². The molecular formula is C17H28O7Si. The molecular weight excluding hydrogens is 344 g/mol. The quantitative estimate of drug-likeness (QED) is 0.375. The minimum atomic E-state index is -2.23. The van der Waals surface area contributed by atoms with Crippen molar-refractivity contribution in [3.05, 3.63) is 11.6 Å². The van der Waals surface area contributed by atoms with Crippen LogP contribution in [0.1, 0.15) is 26.2 Å². The Morgan fingerprint density at radius 2 is 1.96 bits per heavy atom. The number of methoxy groups -OCH3 is 1. The Balaban J connectivity index is 2.79. The molecule has 2 rings (SSSR count). The highest BCUT2D eigenvalue weighted by Gasteiger charge is 2.74. The van der Waals surface area contributed by atoms with Crippen LogP contribution in [0.2, 0.25) is 19.6 Å². The number of aliphatic hydroxyl groups excluding tert-OH is 1. The SMILES string of the molecule is COC(=O)[C@@]12[C@@H](O)CC[C@](C)(O)[C@]1(O)C=C(C=O)C[C@H]2O[Si](C)(C)C. The lowest BCUT2D eigenvalue weighted by atomic mass is 9.50. The summed E-state index contributed by atoms with van der Waals surface area (Å²) in [5.74, 6) is -0.855. The molecule has 142 valence electrons. The predicted molar refractivity (Wildman–Crippen MR) is 92.2 cm³/mol. The van der Waals surface area contributed by atoms with E-state index in [1.165, 1.54) is 13.0 Å². The third-order valence-electron chi connectivity index (χ3n) is 5.38. The van der Waals surface area contributed by atoms with Crippen LogP contribution in [0.25, 0.3) is 0 Å². The van der Waals surface area contributed by atoms with E-state index >= 15 is 0 Å². The smallest absolute Gasteiger partial charge is 0.320 e. The lowest BCUT2D eigenvalue weighted by Gasteiger charge is -2.61. The second-order valence-corrected chi connectivity index (χ2v) is 12.7. The summed E-state index contributed by atoms with van der Waals surface area (Å²) in [6.45, 7) is 7.11. The summed E-state index contributed by atoms with van der Waals surface area (Å²) in [6.07, 6.45) is -0.274. The van der Waals surface area contributed by atoms with Crippen LogP contribution in [0.15, 0.2) is 11.6 Å². The maximum Gasteiger partial charge on any atom is 0.320 e. The fraction of sp³-hybridized carbons (Fsp3) is 0.765. The summed E-state index contributed by atoms with van der Waals surface area (Å²) in [5.41, 5.74) is -5.62. The maximum absolute atomic E-state index is 12.9. The van der Waals surface area contributed by atoms with Crippen molar-refractivity contribution in [1.29, 1.82) is 0 Å². The molecule has 0 radical (unpaired) electrons. The number of rotatable bonds is 4. The van der Waals surface area contributed by atoms with E-state index in [1.807, 2.05) is 19.6 Å². The Morgan fingerprint density at radius 3 is 2.44 bits per heavy atom. The monoisotopic (exact) mass is 372 g/mol. The van der Waals surface area contributed by atoms with Crippen LogP contribution < -0.4 is 0 Å². The molecule has 0 bridgehead atoms. The molecule has 2 aliphatic rings. The van der Waals surface area contributed by atoms with Crippen LogP contribution in [0, 0.1) is 5.41 Å². The van der Waals surface area contributed by atoms with Crippen LogP contribution in [-0.4, -0.2) is 66.4 Å². The first-order chi connectivity index (χ1) is 11.4. The van der Waals surface area contributed by atoms with Gasteiger partial charge in [0.05, 0.1) is 24.9 Å². The first-order valence-electron chi connectivity index (χ1n) is 8.41. The maximum atomic E-state index is 12.9. The van der Waals surface area contributed by atoms with Gasteiger partial charge in [-0.25, -0.2) is 0 Å². The Bertz CT molecular complexity index is 594. The standard InChI is InChI=1S/C17H28O7Si/c1-15(21)7-6-12(19)17(14(20)23-2)13(24-25(3,4)5)8-11(10-18)9-16(15,17)22/h9-10,12-13,19,21-22H,6-8H2,1-5H3/t12-,13+,15-,16+,17-/m0/s1. The molecule has 0 unspecified atom stereocenters. The van der Waals surface area contributed by atoms with Gasteiger partial charge in [-0.15, -0.1) is 0 Å². The van der Waals surface area contributed by atoms with E-state index in [0.717, 1.165) is 7.11 Å². The van der Waals surface area contributed by atoms with E-state index in [4.69, 9.17) is 9.16 Å². The number of carbonyl (C=O) groups excluding carboxylic acids is 2. The zero-order chi connectivity index (χ0) is 19.3. The molecule has 0 aromatic heterocycles. The van der Waals surface area contributed by atoms with Crippen molar-refractivity contribution in [3.8, 4) is 0 Å². The summed E-state index contributed by atoms with van der Waals surface area (Å²) in [4.78, 5) is 24.3. The van der Waals surface area contributed by atoms with Gasteiger partial charge < -0.3 is 24.5 Å². The van der Waals surface area contributed by atoms with Gasteiger partial charge in [0, 0.05) is 6.42 Å². The van der Waals surface area contributed by atoms with Crippen molar-refractivity contribution in [1.82, 2.24) is 0 Å². The number of aliphatic hydroxyl groups is 3. The van der Waals surface area contributed by atoms with Gasteiger partial charge in [-0.2, -0.15) is 0 Å². The third-order valence-corrected chi connectivity index (χ3v) is 6.37. The fourth-order valence-corrected chi connectivity index (χ4v) is 5.33. The van der Waals surface area contributed by atoms with E-state index in [0.29, 0.717) is 6.29 Å². The molecule has 3 N–H and O–H groups in total. The van der Waals surface area contributed by atoms with E-state index in [9.17, 15) is 24.9 Å². The summed E-state index contributed by atoms with van der Waals surface area (Å²) in [6, 6.07) is 0. The number of fused-ring (bicyclic) bond motifs is 1. The molecule has 0 aromatic rings. The van der Waals surface area contributed by atoms with Crippen LogP contribution in [0.3, 0.4) is 0 Å². The minimum Gasteiger partial charge on any atom is -0.468 e. The molecule has 8 heteroatoms. The third kappa shape index (κ3) is 2.89. The normalized spacial score (nSPS) is 41.5. The molecule has 5 atom stereocenters. The van der Waals surface area contributed by atoms with Crippen molar-refractivity contribution in [3.63, 3.8) is 0 Å². The topological polar surface area (TPSA) is 113 Å². The Labute approximate surface area is 148 Å². The number of ether oxygens (including phenoxy) is 1. The molecule has 2 aliphatic carbocycles. The zero-order valence-electron chi connectivity index (χ0n) is 15.4. The second-order valence-electron chi connectivity index (χ2n) is 8.22. The van der Waals surface area contributed by atoms with Gasteiger partial charge in [0.25, 0.3) is 0 Å².